The van der Waals surface area contributed by atoms with Gasteiger partial charge in [0.2, 0.25) is 0 Å². The minimum absolute atomic E-state index is 0.236. The lowest BCUT2D eigenvalue weighted by Crippen LogP contribution is -2.08. The van der Waals surface area contributed by atoms with Crippen molar-refractivity contribution in [2.24, 2.45) is 0 Å². The Bertz CT molecular complexity index is 478. The Kier molecular flexibility index (Phi) is 4.05. The van der Waals surface area contributed by atoms with E-state index in [1.54, 1.807) is 6.07 Å². The summed E-state index contributed by atoms with van der Waals surface area (Å²) < 4.78 is 6.18. The summed E-state index contributed by atoms with van der Waals surface area (Å²) in [4.78, 5) is 0.821. The average molecular weight is 269 g/mol. The second kappa shape index (κ2) is 5.54. The largest absolute Gasteiger partial charge is 0.490 e. The third kappa shape index (κ3) is 3.46. The highest BCUT2D eigenvalue weighted by molar-refractivity contribution is 7.16. The van der Waals surface area contributed by atoms with E-state index in [1.807, 2.05) is 37.3 Å². The van der Waals surface area contributed by atoms with Gasteiger partial charge in [-0.25, -0.2) is 0 Å². The van der Waals surface area contributed by atoms with E-state index in [2.05, 4.69) is 0 Å². The van der Waals surface area contributed by atoms with Crippen molar-refractivity contribution in [3.05, 3.63) is 51.2 Å². The van der Waals surface area contributed by atoms with Crippen LogP contribution in [-0.2, 0) is 0 Å². The molecule has 1 aromatic heterocycles. The first kappa shape index (κ1) is 12.4. The van der Waals surface area contributed by atoms with Crippen LogP contribution < -0.4 is 4.74 Å². The van der Waals surface area contributed by atoms with Gasteiger partial charge in [-0.15, -0.1) is 11.3 Å². The molecular formula is C13H13ClO2S. The lowest BCUT2D eigenvalue weighted by Gasteiger charge is -2.10. The number of ether oxygens (including phenoxy) is 1. The highest BCUT2D eigenvalue weighted by Gasteiger charge is 2.10. The van der Waals surface area contributed by atoms with Gasteiger partial charge in [0, 0.05) is 4.88 Å². The summed E-state index contributed by atoms with van der Waals surface area (Å²) >= 11 is 7.17. The fourth-order valence-corrected chi connectivity index (χ4v) is 2.43. The van der Waals surface area contributed by atoms with Gasteiger partial charge in [0.15, 0.2) is 0 Å². The van der Waals surface area contributed by atoms with Crippen LogP contribution in [0.2, 0.25) is 4.34 Å². The summed E-state index contributed by atoms with van der Waals surface area (Å²) in [6, 6.07) is 11.3. The molecule has 17 heavy (non-hydrogen) atoms. The molecule has 0 radical (unpaired) electrons. The van der Waals surface area contributed by atoms with Crippen molar-refractivity contribution in [2.45, 2.75) is 13.0 Å². The summed E-state index contributed by atoms with van der Waals surface area (Å²) in [5, 5.41) is 9.88. The van der Waals surface area contributed by atoms with E-state index in [0.717, 1.165) is 10.6 Å². The maximum absolute atomic E-state index is 9.88. The maximum Gasteiger partial charge on any atom is 0.122 e. The minimum atomic E-state index is -0.631. The quantitative estimate of drug-likeness (QED) is 0.913. The predicted octanol–water partition coefficient (Wildman–Crippen LogP) is 3.82. The summed E-state index contributed by atoms with van der Waals surface area (Å²) in [5.41, 5.74) is 1.18. The van der Waals surface area contributed by atoms with Crippen molar-refractivity contribution in [1.82, 2.24) is 0 Å². The van der Waals surface area contributed by atoms with E-state index in [0.29, 0.717) is 4.34 Å². The number of halogens is 1. The minimum Gasteiger partial charge on any atom is -0.490 e. The van der Waals surface area contributed by atoms with E-state index in [4.69, 9.17) is 16.3 Å². The molecule has 0 amide bonds. The Morgan fingerprint density at radius 3 is 2.53 bits per heavy atom. The predicted molar refractivity (Wildman–Crippen MR) is 71.0 cm³/mol. The van der Waals surface area contributed by atoms with Gasteiger partial charge in [-0.1, -0.05) is 29.3 Å². The number of hydrogen-bond acceptors (Lipinski definition) is 3. The number of benzene rings is 1. The molecule has 0 fully saturated rings. The van der Waals surface area contributed by atoms with E-state index in [-0.39, 0.29) is 6.61 Å². The molecule has 1 N–H and O–H groups in total. The second-order valence-electron chi connectivity index (χ2n) is 3.78. The molecule has 2 nitrogen and oxygen atoms in total. The van der Waals surface area contributed by atoms with Crippen molar-refractivity contribution >= 4 is 22.9 Å². The fraction of sp³-hybridized carbons (Fsp3) is 0.231. The van der Waals surface area contributed by atoms with E-state index in [9.17, 15) is 5.11 Å². The molecule has 0 spiro atoms. The molecule has 1 aromatic carbocycles. The molecule has 0 aliphatic rings. The molecule has 90 valence electrons. The third-order valence-corrected chi connectivity index (χ3v) is 3.68. The van der Waals surface area contributed by atoms with E-state index in [1.165, 1.54) is 16.9 Å². The number of rotatable bonds is 4. The Morgan fingerprint density at radius 2 is 1.94 bits per heavy atom. The van der Waals surface area contributed by atoms with Crippen LogP contribution in [0.15, 0.2) is 36.4 Å². The van der Waals surface area contributed by atoms with Crippen molar-refractivity contribution < 1.29 is 9.84 Å². The molecule has 1 unspecified atom stereocenters. The van der Waals surface area contributed by atoms with Crippen molar-refractivity contribution in [3.63, 3.8) is 0 Å². The van der Waals surface area contributed by atoms with Gasteiger partial charge in [0.1, 0.15) is 18.5 Å². The van der Waals surface area contributed by atoms with Crippen LogP contribution in [0.1, 0.15) is 16.5 Å². The first-order valence-electron chi connectivity index (χ1n) is 5.28. The summed E-state index contributed by atoms with van der Waals surface area (Å²) in [6.07, 6.45) is -0.631. The molecule has 0 aliphatic carbocycles. The Labute approximate surface area is 109 Å². The van der Waals surface area contributed by atoms with Crippen LogP contribution >= 0.6 is 22.9 Å². The lowest BCUT2D eigenvalue weighted by molar-refractivity contribution is 0.111. The molecule has 1 atom stereocenters. The molecule has 0 bridgehead atoms. The monoisotopic (exact) mass is 268 g/mol. The molecule has 4 heteroatoms. The van der Waals surface area contributed by atoms with Crippen LogP contribution in [0.4, 0.5) is 0 Å². The van der Waals surface area contributed by atoms with Crippen LogP contribution in [0.5, 0.6) is 5.75 Å². The van der Waals surface area contributed by atoms with E-state index >= 15 is 0 Å². The Hall–Kier alpha value is -1.03. The fourth-order valence-electron chi connectivity index (χ4n) is 1.40. The van der Waals surface area contributed by atoms with Crippen LogP contribution in [0.25, 0.3) is 0 Å². The summed E-state index contributed by atoms with van der Waals surface area (Å²) in [5.74, 6) is 0.761. The zero-order valence-corrected chi connectivity index (χ0v) is 11.0. The van der Waals surface area contributed by atoms with Gasteiger partial charge < -0.3 is 9.84 Å². The van der Waals surface area contributed by atoms with Crippen molar-refractivity contribution in [2.75, 3.05) is 6.61 Å². The van der Waals surface area contributed by atoms with Gasteiger partial charge >= 0.3 is 0 Å². The smallest absolute Gasteiger partial charge is 0.122 e. The van der Waals surface area contributed by atoms with Crippen molar-refractivity contribution in [1.29, 1.82) is 0 Å². The van der Waals surface area contributed by atoms with Crippen molar-refractivity contribution in [3.8, 4) is 5.75 Å². The molecule has 0 aliphatic heterocycles. The lowest BCUT2D eigenvalue weighted by atomic mass is 10.2. The maximum atomic E-state index is 9.88. The highest BCUT2D eigenvalue weighted by Crippen LogP contribution is 2.27. The van der Waals surface area contributed by atoms with E-state index < -0.39 is 6.10 Å². The SMILES string of the molecule is Cc1ccc(OCC(O)c2ccc(Cl)s2)cc1. The highest BCUT2D eigenvalue weighted by atomic mass is 35.5. The normalized spacial score (nSPS) is 12.4. The van der Waals surface area contributed by atoms with Gasteiger partial charge in [-0.05, 0) is 31.2 Å². The number of hydrogen-bond donors (Lipinski definition) is 1. The topological polar surface area (TPSA) is 29.5 Å². The Balaban J connectivity index is 1.92. The number of aliphatic hydroxyl groups excluding tert-OH is 1. The molecule has 0 saturated carbocycles. The molecule has 1 heterocycles. The standard InChI is InChI=1S/C13H13ClO2S/c1-9-2-4-10(5-3-9)16-8-11(15)12-6-7-13(14)17-12/h2-7,11,15H,8H2,1H3. The molecule has 0 saturated heterocycles. The summed E-state index contributed by atoms with van der Waals surface area (Å²) in [7, 11) is 0. The zero-order valence-electron chi connectivity index (χ0n) is 9.39. The van der Waals surface area contributed by atoms with Gasteiger partial charge in [-0.3, -0.25) is 0 Å². The molecular weight excluding hydrogens is 256 g/mol. The van der Waals surface area contributed by atoms with Gasteiger partial charge in [0.05, 0.1) is 4.34 Å². The molecule has 2 aromatic rings. The van der Waals surface area contributed by atoms with Crippen LogP contribution in [-0.4, -0.2) is 11.7 Å². The number of aliphatic hydroxyl groups is 1. The first-order chi connectivity index (χ1) is 8.15. The number of thiophene rings is 1. The van der Waals surface area contributed by atoms with Crippen LogP contribution in [0.3, 0.4) is 0 Å². The van der Waals surface area contributed by atoms with Crippen LogP contribution in [0, 0.1) is 6.92 Å². The first-order valence-corrected chi connectivity index (χ1v) is 6.47. The van der Waals surface area contributed by atoms with Gasteiger partial charge in [-0.2, -0.15) is 0 Å². The Morgan fingerprint density at radius 1 is 1.24 bits per heavy atom. The second-order valence-corrected chi connectivity index (χ2v) is 5.53. The summed E-state index contributed by atoms with van der Waals surface area (Å²) in [6.45, 7) is 2.26. The zero-order chi connectivity index (χ0) is 12.3. The average Bonchev–Trinajstić information content (AvgIpc) is 2.75. The number of aryl methyl sites for hydroxylation is 1. The molecule has 2 rings (SSSR count). The van der Waals surface area contributed by atoms with Gasteiger partial charge in [0.25, 0.3) is 0 Å². The third-order valence-electron chi connectivity index (χ3n) is 2.35.